The van der Waals surface area contributed by atoms with Crippen LogP contribution < -0.4 is 0 Å². The van der Waals surface area contributed by atoms with E-state index in [9.17, 15) is 9.59 Å². The zero-order valence-corrected chi connectivity index (χ0v) is 8.81. The van der Waals surface area contributed by atoms with Gasteiger partial charge in [0.25, 0.3) is 0 Å². The first-order valence-corrected chi connectivity index (χ1v) is 4.23. The molecule has 0 aromatic rings. The lowest BCUT2D eigenvalue weighted by molar-refractivity contribution is -0.342. The number of carbonyl (C=O) groups excluding carboxylic acids is 1. The molecular formula is C8H14O7. The van der Waals surface area contributed by atoms with Gasteiger partial charge in [0.1, 0.15) is 0 Å². The Balaban J connectivity index is 4.38. The molecule has 0 aromatic carbocycles. The summed E-state index contributed by atoms with van der Waals surface area (Å²) in [6.45, 7) is 1.82. The van der Waals surface area contributed by atoms with Gasteiger partial charge < -0.3 is 24.1 Å². The predicted molar refractivity (Wildman–Crippen MR) is 47.2 cm³/mol. The van der Waals surface area contributed by atoms with Gasteiger partial charge in [0.15, 0.2) is 0 Å². The maximum atomic E-state index is 10.9. The Hall–Kier alpha value is -1.34. The maximum Gasteiger partial charge on any atom is 0.522 e. The molecule has 0 fully saturated rings. The molecule has 15 heavy (non-hydrogen) atoms. The van der Waals surface area contributed by atoms with Crippen LogP contribution in [0.1, 0.15) is 19.8 Å². The van der Waals surface area contributed by atoms with E-state index in [1.165, 1.54) is 14.2 Å². The van der Waals surface area contributed by atoms with Crippen molar-refractivity contribution in [1.82, 2.24) is 0 Å². The summed E-state index contributed by atoms with van der Waals surface area (Å²) in [4.78, 5) is 20.9. The molecule has 1 N–H and O–H groups in total. The van der Waals surface area contributed by atoms with Gasteiger partial charge in [-0.3, -0.25) is 0 Å². The van der Waals surface area contributed by atoms with Gasteiger partial charge in [0.2, 0.25) is 0 Å². The van der Waals surface area contributed by atoms with Crippen molar-refractivity contribution in [3.63, 3.8) is 0 Å². The first-order valence-electron chi connectivity index (χ1n) is 4.23. The summed E-state index contributed by atoms with van der Waals surface area (Å²) in [5, 5.41) is 8.15. The number of hydrogen-bond donors (Lipinski definition) is 1. The third-order valence-electron chi connectivity index (χ3n) is 1.59. The predicted octanol–water partition coefficient (Wildman–Crippen LogP) is 1.56. The smallest absolute Gasteiger partial charge is 0.449 e. The Labute approximate surface area is 86.9 Å². The molecule has 0 atom stereocenters. The molecule has 0 saturated heterocycles. The van der Waals surface area contributed by atoms with Crippen molar-refractivity contribution in [1.29, 1.82) is 0 Å². The second kappa shape index (κ2) is 6.20. The van der Waals surface area contributed by atoms with E-state index in [4.69, 9.17) is 14.6 Å². The van der Waals surface area contributed by atoms with Gasteiger partial charge in [-0.1, -0.05) is 6.92 Å². The highest BCUT2D eigenvalue weighted by molar-refractivity contribution is 5.75. The molecule has 88 valence electrons. The van der Waals surface area contributed by atoms with Gasteiger partial charge in [0, 0.05) is 20.6 Å². The SMILES string of the molecule is CCCC(OC)(OC)OC(=O)OC(=O)O. The quantitative estimate of drug-likeness (QED) is 0.428. The molecule has 0 unspecified atom stereocenters. The van der Waals surface area contributed by atoms with Gasteiger partial charge in [-0.2, -0.15) is 0 Å². The van der Waals surface area contributed by atoms with Crippen LogP contribution in [0.5, 0.6) is 0 Å². The molecule has 0 heterocycles. The molecule has 0 aliphatic heterocycles. The highest BCUT2D eigenvalue weighted by Gasteiger charge is 2.35. The van der Waals surface area contributed by atoms with Gasteiger partial charge in [-0.15, -0.1) is 0 Å². The highest BCUT2D eigenvalue weighted by Crippen LogP contribution is 2.20. The molecule has 7 nitrogen and oxygen atoms in total. The normalized spacial score (nSPS) is 10.9. The molecular weight excluding hydrogens is 208 g/mol. The van der Waals surface area contributed by atoms with Crippen molar-refractivity contribution in [2.45, 2.75) is 25.7 Å². The zero-order chi connectivity index (χ0) is 11.9. The van der Waals surface area contributed by atoms with Gasteiger partial charge >= 0.3 is 18.3 Å². The topological polar surface area (TPSA) is 91.3 Å². The fraction of sp³-hybridized carbons (Fsp3) is 0.750. The molecule has 0 saturated carbocycles. The number of rotatable bonds is 5. The second-order valence-corrected chi connectivity index (χ2v) is 2.56. The summed E-state index contributed by atoms with van der Waals surface area (Å²) < 4.78 is 18.0. The largest absolute Gasteiger partial charge is 0.522 e. The summed E-state index contributed by atoms with van der Waals surface area (Å²) in [6.07, 6.45) is -2.27. The summed E-state index contributed by atoms with van der Waals surface area (Å²) >= 11 is 0. The van der Waals surface area contributed by atoms with Gasteiger partial charge in [-0.25, -0.2) is 9.59 Å². The average molecular weight is 222 g/mol. The van der Waals surface area contributed by atoms with Crippen molar-refractivity contribution in [3.05, 3.63) is 0 Å². The van der Waals surface area contributed by atoms with E-state index in [1.807, 2.05) is 6.92 Å². The minimum Gasteiger partial charge on any atom is -0.449 e. The molecule has 0 amide bonds. The number of carboxylic acid groups (broad SMARTS) is 1. The third kappa shape index (κ3) is 4.61. The van der Waals surface area contributed by atoms with Gasteiger partial charge in [-0.05, 0) is 6.42 Å². The van der Waals surface area contributed by atoms with E-state index in [1.54, 1.807) is 0 Å². The van der Waals surface area contributed by atoms with E-state index in [0.717, 1.165) is 0 Å². The zero-order valence-electron chi connectivity index (χ0n) is 8.81. The minimum atomic E-state index is -1.75. The Morgan fingerprint density at radius 3 is 2.13 bits per heavy atom. The second-order valence-electron chi connectivity index (χ2n) is 2.56. The fourth-order valence-corrected chi connectivity index (χ4v) is 0.947. The lowest BCUT2D eigenvalue weighted by atomic mass is 10.3. The Kier molecular flexibility index (Phi) is 5.65. The van der Waals surface area contributed by atoms with Gasteiger partial charge in [0.05, 0.1) is 0 Å². The first kappa shape index (κ1) is 13.7. The van der Waals surface area contributed by atoms with Crippen molar-refractivity contribution < 1.29 is 33.6 Å². The Bertz CT molecular complexity index is 221. The van der Waals surface area contributed by atoms with E-state index in [-0.39, 0.29) is 6.42 Å². The van der Waals surface area contributed by atoms with Crippen molar-refractivity contribution in [2.24, 2.45) is 0 Å². The maximum absolute atomic E-state index is 10.9. The van der Waals surface area contributed by atoms with E-state index in [2.05, 4.69) is 9.47 Å². The Morgan fingerprint density at radius 2 is 1.80 bits per heavy atom. The molecule has 0 aliphatic carbocycles. The number of hydrogen-bond acceptors (Lipinski definition) is 6. The lowest BCUT2D eigenvalue weighted by Gasteiger charge is -2.28. The summed E-state index contributed by atoms with van der Waals surface area (Å²) in [6, 6.07) is 0. The van der Waals surface area contributed by atoms with Crippen molar-refractivity contribution in [2.75, 3.05) is 14.2 Å². The van der Waals surface area contributed by atoms with Crippen LogP contribution in [0.3, 0.4) is 0 Å². The van der Waals surface area contributed by atoms with Crippen LogP contribution in [-0.2, 0) is 18.9 Å². The molecule has 0 spiro atoms. The van der Waals surface area contributed by atoms with Crippen LogP contribution in [0.25, 0.3) is 0 Å². The highest BCUT2D eigenvalue weighted by atomic mass is 16.9. The minimum absolute atomic E-state index is 0.259. The molecule has 0 bridgehead atoms. The van der Waals surface area contributed by atoms with E-state index >= 15 is 0 Å². The molecule has 0 radical (unpaired) electrons. The van der Waals surface area contributed by atoms with Crippen LogP contribution in [0, 0.1) is 0 Å². The third-order valence-corrected chi connectivity index (χ3v) is 1.59. The molecule has 7 heteroatoms. The van der Waals surface area contributed by atoms with Crippen LogP contribution in [0.4, 0.5) is 9.59 Å². The first-order chi connectivity index (χ1) is 6.99. The molecule has 0 rings (SSSR count). The fourth-order valence-electron chi connectivity index (χ4n) is 0.947. The van der Waals surface area contributed by atoms with Crippen LogP contribution >= 0.6 is 0 Å². The number of carbonyl (C=O) groups is 2. The van der Waals surface area contributed by atoms with Crippen LogP contribution in [0.2, 0.25) is 0 Å². The lowest BCUT2D eigenvalue weighted by Crippen LogP contribution is -2.39. The standard InChI is InChI=1S/C8H14O7/c1-4-5-8(12-2,13-3)15-7(11)14-6(9)10/h4-5H2,1-3H3,(H,9,10). The number of methoxy groups -OCH3 is 2. The molecule has 0 aliphatic rings. The van der Waals surface area contributed by atoms with Crippen LogP contribution in [0.15, 0.2) is 0 Å². The number of ether oxygens (including phenoxy) is 4. The summed E-state index contributed by atoms with van der Waals surface area (Å²) in [5.41, 5.74) is 0. The Morgan fingerprint density at radius 1 is 1.27 bits per heavy atom. The van der Waals surface area contributed by atoms with E-state index in [0.29, 0.717) is 6.42 Å². The summed E-state index contributed by atoms with van der Waals surface area (Å²) in [7, 11) is 2.54. The van der Waals surface area contributed by atoms with Crippen molar-refractivity contribution >= 4 is 12.3 Å². The monoisotopic (exact) mass is 222 g/mol. The van der Waals surface area contributed by atoms with E-state index < -0.39 is 18.3 Å². The summed E-state index contributed by atoms with van der Waals surface area (Å²) in [5.74, 6) is -1.60. The van der Waals surface area contributed by atoms with Crippen LogP contribution in [-0.4, -0.2) is 37.6 Å². The average Bonchev–Trinajstić information content (AvgIpc) is 2.15. The van der Waals surface area contributed by atoms with Crippen molar-refractivity contribution in [3.8, 4) is 0 Å². The molecule has 0 aromatic heterocycles.